The minimum absolute atomic E-state index is 0.0472. The third-order valence-electron chi connectivity index (χ3n) is 4.74. The minimum atomic E-state index is -4.63. The number of hydrogen-bond acceptors (Lipinski definition) is 4. The van der Waals surface area contributed by atoms with Crippen LogP contribution in [0.4, 0.5) is 13.2 Å². The highest BCUT2D eigenvalue weighted by atomic mass is 19.4. The lowest BCUT2D eigenvalue weighted by Gasteiger charge is -2.12. The molecule has 0 bridgehead atoms. The van der Waals surface area contributed by atoms with Crippen molar-refractivity contribution in [1.29, 1.82) is 0 Å². The van der Waals surface area contributed by atoms with E-state index in [1.54, 1.807) is 30.3 Å². The van der Waals surface area contributed by atoms with Gasteiger partial charge in [-0.05, 0) is 12.3 Å². The van der Waals surface area contributed by atoms with Gasteiger partial charge in [0.2, 0.25) is 5.88 Å². The molecule has 2 heterocycles. The van der Waals surface area contributed by atoms with Crippen LogP contribution in [0.1, 0.15) is 38.7 Å². The summed E-state index contributed by atoms with van der Waals surface area (Å²) >= 11 is 0. The highest BCUT2D eigenvalue weighted by molar-refractivity contribution is 5.94. The first-order chi connectivity index (χ1) is 14.2. The number of pyridine rings is 1. The van der Waals surface area contributed by atoms with Crippen LogP contribution < -0.4 is 4.74 Å². The van der Waals surface area contributed by atoms with Crippen LogP contribution in [0.5, 0.6) is 5.88 Å². The van der Waals surface area contributed by atoms with Crippen molar-refractivity contribution in [3.05, 3.63) is 42.0 Å². The van der Waals surface area contributed by atoms with E-state index in [1.807, 2.05) is 0 Å². The summed E-state index contributed by atoms with van der Waals surface area (Å²) < 4.78 is 48.2. The number of aryl methyl sites for hydroxylation is 1. The fraction of sp³-hybridized carbons (Fsp3) is 0.409. The van der Waals surface area contributed by atoms with Gasteiger partial charge in [0.25, 0.3) is 0 Å². The van der Waals surface area contributed by atoms with Crippen LogP contribution in [0, 0.1) is 5.92 Å². The lowest BCUT2D eigenvalue weighted by atomic mass is 10.0. The maximum absolute atomic E-state index is 13.9. The van der Waals surface area contributed by atoms with Gasteiger partial charge in [-0.2, -0.15) is 23.3 Å². The number of fused-ring (bicyclic) bond motifs is 1. The van der Waals surface area contributed by atoms with Crippen LogP contribution in [0.3, 0.4) is 0 Å². The smallest absolute Gasteiger partial charge is 0.417 e. The number of aromatic nitrogens is 3. The van der Waals surface area contributed by atoms with Gasteiger partial charge < -0.3 is 4.74 Å². The average Bonchev–Trinajstić information content (AvgIpc) is 3.02. The lowest BCUT2D eigenvalue weighted by molar-refractivity contribution is -0.136. The third-order valence-corrected chi connectivity index (χ3v) is 4.74. The van der Waals surface area contributed by atoms with Gasteiger partial charge in [-0.15, -0.1) is 0 Å². The van der Waals surface area contributed by atoms with Crippen LogP contribution in [0.25, 0.3) is 22.3 Å². The molecule has 0 atom stereocenters. The first-order valence-corrected chi connectivity index (χ1v) is 9.81. The van der Waals surface area contributed by atoms with E-state index in [9.17, 15) is 18.0 Å². The maximum Gasteiger partial charge on any atom is 0.417 e. The maximum atomic E-state index is 13.9. The van der Waals surface area contributed by atoms with Gasteiger partial charge in [-0.25, -0.2) is 4.68 Å². The van der Waals surface area contributed by atoms with Crippen molar-refractivity contribution >= 4 is 16.8 Å². The molecule has 0 amide bonds. The Bertz CT molecular complexity index is 1030. The molecule has 5 nitrogen and oxygen atoms in total. The molecule has 8 heteroatoms. The fourth-order valence-electron chi connectivity index (χ4n) is 3.25. The Kier molecular flexibility index (Phi) is 6.43. The summed E-state index contributed by atoms with van der Waals surface area (Å²) in [6.07, 6.45) is -2.67. The molecule has 0 aliphatic heterocycles. The largest absolute Gasteiger partial charge is 0.470 e. The third kappa shape index (κ3) is 4.98. The molecular weight excluding hydrogens is 395 g/mol. The molecule has 160 valence electrons. The number of rotatable bonds is 8. The number of carbonyl (C=O) groups is 1. The second kappa shape index (κ2) is 8.85. The number of ketones is 1. The van der Waals surface area contributed by atoms with Gasteiger partial charge in [0.05, 0.1) is 10.9 Å². The van der Waals surface area contributed by atoms with Gasteiger partial charge >= 0.3 is 6.18 Å². The van der Waals surface area contributed by atoms with Crippen LogP contribution in [-0.2, 0) is 18.0 Å². The molecule has 0 unspecified atom stereocenters. The van der Waals surface area contributed by atoms with Crippen LogP contribution in [-0.4, -0.2) is 27.2 Å². The Balaban J connectivity index is 1.93. The molecule has 0 fully saturated rings. The second-order valence-electron chi connectivity index (χ2n) is 7.66. The van der Waals surface area contributed by atoms with Crippen molar-refractivity contribution < 1.29 is 22.7 Å². The Morgan fingerprint density at radius 1 is 1.20 bits per heavy atom. The molecular formula is C22H24F3N3O2. The summed E-state index contributed by atoms with van der Waals surface area (Å²) in [4.78, 5) is 16.2. The van der Waals surface area contributed by atoms with Gasteiger partial charge in [0.1, 0.15) is 12.3 Å². The fourth-order valence-corrected chi connectivity index (χ4v) is 3.25. The van der Waals surface area contributed by atoms with E-state index in [4.69, 9.17) is 4.74 Å². The molecule has 30 heavy (non-hydrogen) atoms. The molecule has 0 aliphatic rings. The normalized spacial score (nSPS) is 12.0. The SMILES string of the molecule is CC(C)CCCC(=O)COc1cc(C(F)(F)F)c2c(-c3ccccc3)nn(C)c2n1. The summed E-state index contributed by atoms with van der Waals surface area (Å²) in [5.41, 5.74) is -0.0821. The lowest BCUT2D eigenvalue weighted by Crippen LogP contribution is -2.13. The zero-order valence-electron chi connectivity index (χ0n) is 17.2. The highest BCUT2D eigenvalue weighted by Crippen LogP contribution is 2.40. The van der Waals surface area contributed by atoms with E-state index < -0.39 is 11.7 Å². The Hall–Kier alpha value is -2.90. The Labute approximate surface area is 172 Å². The number of benzene rings is 1. The van der Waals surface area contributed by atoms with E-state index >= 15 is 0 Å². The number of nitrogens with zero attached hydrogens (tertiary/aromatic N) is 3. The highest BCUT2D eigenvalue weighted by Gasteiger charge is 2.36. The molecule has 2 aromatic heterocycles. The van der Waals surface area contributed by atoms with E-state index in [-0.39, 0.29) is 35.0 Å². The zero-order chi connectivity index (χ0) is 21.9. The Morgan fingerprint density at radius 3 is 2.53 bits per heavy atom. The molecule has 0 saturated carbocycles. The molecule has 0 saturated heterocycles. The predicted molar refractivity (Wildman–Crippen MR) is 108 cm³/mol. The van der Waals surface area contributed by atoms with Crippen molar-refractivity contribution in [2.75, 3.05) is 6.61 Å². The number of ether oxygens (including phenoxy) is 1. The van der Waals surface area contributed by atoms with E-state index in [0.717, 1.165) is 18.9 Å². The van der Waals surface area contributed by atoms with Crippen molar-refractivity contribution in [3.63, 3.8) is 0 Å². The monoisotopic (exact) mass is 419 g/mol. The predicted octanol–water partition coefficient (Wildman–Crippen LogP) is 5.43. The number of hydrogen-bond donors (Lipinski definition) is 0. The van der Waals surface area contributed by atoms with Crippen molar-refractivity contribution in [2.24, 2.45) is 13.0 Å². The number of Topliss-reactive ketones (excluding diaryl/α,β-unsaturated/α-hetero) is 1. The molecule has 0 radical (unpaired) electrons. The second-order valence-corrected chi connectivity index (χ2v) is 7.66. The van der Waals surface area contributed by atoms with Gasteiger partial charge in [0.15, 0.2) is 11.4 Å². The van der Waals surface area contributed by atoms with E-state index in [0.29, 0.717) is 17.9 Å². The molecule has 0 aliphatic carbocycles. The van der Waals surface area contributed by atoms with Crippen LogP contribution in [0.15, 0.2) is 36.4 Å². The molecule has 3 rings (SSSR count). The summed E-state index contributed by atoms with van der Waals surface area (Å²) in [5.74, 6) is 0.0801. The zero-order valence-corrected chi connectivity index (χ0v) is 17.2. The van der Waals surface area contributed by atoms with Crippen molar-refractivity contribution in [1.82, 2.24) is 14.8 Å². The molecule has 0 N–H and O–H groups in total. The van der Waals surface area contributed by atoms with E-state index in [2.05, 4.69) is 23.9 Å². The van der Waals surface area contributed by atoms with Gasteiger partial charge in [0, 0.05) is 25.1 Å². The molecule has 0 spiro atoms. The number of alkyl halides is 3. The molecule has 3 aromatic rings. The standard InChI is InChI=1S/C22H24F3N3O2/c1-14(2)8-7-11-16(29)13-30-18-12-17(22(23,24)25)19-20(15-9-5-4-6-10-15)27-28(3)21(19)26-18/h4-6,9-10,12,14H,7-8,11,13H2,1-3H3. The summed E-state index contributed by atoms with van der Waals surface area (Å²) in [7, 11) is 1.53. The van der Waals surface area contributed by atoms with Gasteiger partial charge in [-0.1, -0.05) is 50.6 Å². The minimum Gasteiger partial charge on any atom is -0.470 e. The number of carbonyl (C=O) groups excluding carboxylic acids is 1. The summed E-state index contributed by atoms with van der Waals surface area (Å²) in [6.45, 7) is 3.82. The quantitative estimate of drug-likeness (QED) is 0.489. The topological polar surface area (TPSA) is 57.0 Å². The van der Waals surface area contributed by atoms with Gasteiger partial charge in [-0.3, -0.25) is 4.79 Å². The van der Waals surface area contributed by atoms with Crippen LogP contribution in [0.2, 0.25) is 0 Å². The van der Waals surface area contributed by atoms with Crippen LogP contribution >= 0.6 is 0 Å². The summed E-state index contributed by atoms with van der Waals surface area (Å²) in [5, 5.41) is 4.17. The van der Waals surface area contributed by atoms with Crippen molar-refractivity contribution in [2.45, 2.75) is 39.3 Å². The van der Waals surface area contributed by atoms with E-state index in [1.165, 1.54) is 11.7 Å². The first-order valence-electron chi connectivity index (χ1n) is 9.81. The summed E-state index contributed by atoms with van der Waals surface area (Å²) in [6, 6.07) is 9.49. The number of halogens is 3. The first kappa shape index (κ1) is 21.8. The van der Waals surface area contributed by atoms with Crippen molar-refractivity contribution in [3.8, 4) is 17.1 Å². The Morgan fingerprint density at radius 2 is 1.90 bits per heavy atom. The average molecular weight is 419 g/mol. The molecule has 1 aromatic carbocycles.